The highest BCUT2D eigenvalue weighted by atomic mass is 16.5. The largest absolute Gasteiger partial charge is 0.494 e. The molecule has 0 N–H and O–H groups in total. The molecule has 2 rings (SSSR count). The lowest BCUT2D eigenvalue weighted by Crippen LogP contribution is -2.15. The smallest absolute Gasteiger partial charge is 0.338 e. The van der Waals surface area contributed by atoms with E-state index >= 15 is 0 Å². The maximum absolute atomic E-state index is 12.4. The van der Waals surface area contributed by atoms with Gasteiger partial charge in [-0.1, -0.05) is 102 Å². The van der Waals surface area contributed by atoms with Crippen LogP contribution in [-0.4, -0.2) is 18.7 Å². The van der Waals surface area contributed by atoms with Crippen molar-refractivity contribution < 1.29 is 14.3 Å². The monoisotopic (exact) mass is 466 g/mol. The van der Waals surface area contributed by atoms with Gasteiger partial charge in [-0.05, 0) is 61.6 Å². The summed E-state index contributed by atoms with van der Waals surface area (Å²) in [6, 6.07) is 15.9. The molecule has 0 heterocycles. The number of carbonyl (C=O) groups is 1. The van der Waals surface area contributed by atoms with Crippen LogP contribution in [0.4, 0.5) is 0 Å². The average Bonchev–Trinajstić information content (AvgIpc) is 2.86. The Balaban J connectivity index is 1.70. The molecule has 0 aliphatic rings. The van der Waals surface area contributed by atoms with Crippen LogP contribution in [0.1, 0.15) is 115 Å². The Morgan fingerprint density at radius 2 is 1.18 bits per heavy atom. The van der Waals surface area contributed by atoms with Gasteiger partial charge in [-0.3, -0.25) is 0 Å². The highest BCUT2D eigenvalue weighted by molar-refractivity contribution is 5.90. The minimum absolute atomic E-state index is 0.0395. The summed E-state index contributed by atoms with van der Waals surface area (Å²) in [6.07, 6.45) is 16.1. The normalized spacial score (nSPS) is 11.9. The summed E-state index contributed by atoms with van der Waals surface area (Å²) < 4.78 is 11.5. The second-order valence-electron chi connectivity index (χ2n) is 9.49. The van der Waals surface area contributed by atoms with Crippen molar-refractivity contribution >= 4 is 5.97 Å². The number of esters is 1. The molecule has 188 valence electrons. The van der Waals surface area contributed by atoms with E-state index in [1.54, 1.807) is 0 Å². The summed E-state index contributed by atoms with van der Waals surface area (Å²) >= 11 is 0. The zero-order valence-electron chi connectivity index (χ0n) is 21.8. The van der Waals surface area contributed by atoms with Gasteiger partial charge in [0.25, 0.3) is 0 Å². The molecule has 0 saturated heterocycles. The molecule has 0 aromatic heterocycles. The van der Waals surface area contributed by atoms with Crippen molar-refractivity contribution in [3.8, 4) is 16.9 Å². The first-order valence-electron chi connectivity index (χ1n) is 13.7. The minimum Gasteiger partial charge on any atom is -0.494 e. The Labute approximate surface area is 208 Å². The highest BCUT2D eigenvalue weighted by Gasteiger charge is 2.12. The van der Waals surface area contributed by atoms with Crippen LogP contribution in [0.3, 0.4) is 0 Å². The Bertz CT molecular complexity index is 779. The standard InChI is InChI=1S/C31H46O3/c1-4-6-8-10-11-12-13-15-25-33-30-23-21-28(22-24-30)27-17-19-29(20-18-27)31(32)34-26(3)16-14-9-7-5-2/h17-24,26H,4-16,25H2,1-3H3. The number of hydrogen-bond acceptors (Lipinski definition) is 3. The van der Waals surface area contributed by atoms with E-state index in [9.17, 15) is 4.79 Å². The zero-order valence-corrected chi connectivity index (χ0v) is 21.8. The molecule has 3 heteroatoms. The maximum atomic E-state index is 12.4. The van der Waals surface area contributed by atoms with Crippen molar-refractivity contribution in [2.75, 3.05) is 6.61 Å². The first kappa shape index (κ1) is 28.0. The summed E-state index contributed by atoms with van der Waals surface area (Å²) in [7, 11) is 0. The molecule has 0 amide bonds. The lowest BCUT2D eigenvalue weighted by molar-refractivity contribution is 0.0319. The van der Waals surface area contributed by atoms with Crippen LogP contribution in [0.25, 0.3) is 11.1 Å². The summed E-state index contributed by atoms with van der Waals surface area (Å²) in [5.41, 5.74) is 2.80. The van der Waals surface area contributed by atoms with E-state index in [4.69, 9.17) is 9.47 Å². The van der Waals surface area contributed by atoms with Crippen molar-refractivity contribution in [2.24, 2.45) is 0 Å². The lowest BCUT2D eigenvalue weighted by atomic mass is 10.0. The zero-order chi connectivity index (χ0) is 24.4. The van der Waals surface area contributed by atoms with Crippen LogP contribution in [0.2, 0.25) is 0 Å². The Kier molecular flexibility index (Phi) is 14.1. The number of rotatable bonds is 18. The molecule has 0 radical (unpaired) electrons. The van der Waals surface area contributed by atoms with Crippen LogP contribution in [-0.2, 0) is 4.74 Å². The van der Waals surface area contributed by atoms with Gasteiger partial charge in [0.1, 0.15) is 5.75 Å². The van der Waals surface area contributed by atoms with E-state index in [-0.39, 0.29) is 12.1 Å². The molecule has 0 aliphatic carbocycles. The Hall–Kier alpha value is -2.29. The van der Waals surface area contributed by atoms with E-state index in [2.05, 4.69) is 26.0 Å². The molecule has 34 heavy (non-hydrogen) atoms. The molecule has 1 unspecified atom stereocenters. The Morgan fingerprint density at radius 1 is 0.676 bits per heavy atom. The van der Waals surface area contributed by atoms with Gasteiger partial charge in [0.15, 0.2) is 0 Å². The number of ether oxygens (including phenoxy) is 2. The molecule has 3 nitrogen and oxygen atoms in total. The molecular weight excluding hydrogens is 420 g/mol. The third kappa shape index (κ3) is 11.2. The highest BCUT2D eigenvalue weighted by Crippen LogP contribution is 2.23. The first-order valence-corrected chi connectivity index (χ1v) is 13.7. The number of benzene rings is 2. The maximum Gasteiger partial charge on any atom is 0.338 e. The first-order chi connectivity index (χ1) is 16.6. The minimum atomic E-state index is -0.237. The SMILES string of the molecule is CCCCCCCCCCOc1ccc(-c2ccc(C(=O)OC(C)CCCCCC)cc2)cc1. The number of hydrogen-bond donors (Lipinski definition) is 0. The van der Waals surface area contributed by atoms with Crippen molar-refractivity contribution in [3.05, 3.63) is 54.1 Å². The van der Waals surface area contributed by atoms with E-state index in [1.807, 2.05) is 43.3 Å². The molecule has 0 saturated carbocycles. The fourth-order valence-corrected chi connectivity index (χ4v) is 4.14. The van der Waals surface area contributed by atoms with Gasteiger partial charge in [0, 0.05) is 0 Å². The van der Waals surface area contributed by atoms with Crippen molar-refractivity contribution in [2.45, 2.75) is 110 Å². The molecule has 2 aromatic rings. The van der Waals surface area contributed by atoms with Crippen LogP contribution < -0.4 is 4.74 Å². The fraction of sp³-hybridized carbons (Fsp3) is 0.581. The predicted octanol–water partition coefficient (Wildman–Crippen LogP) is 9.39. The van der Waals surface area contributed by atoms with E-state index in [1.165, 1.54) is 64.2 Å². The molecule has 2 aromatic carbocycles. The Morgan fingerprint density at radius 3 is 1.76 bits per heavy atom. The molecule has 0 fully saturated rings. The summed E-state index contributed by atoms with van der Waals surface area (Å²) in [5.74, 6) is 0.680. The van der Waals surface area contributed by atoms with E-state index in [0.29, 0.717) is 5.56 Å². The van der Waals surface area contributed by atoms with Gasteiger partial charge >= 0.3 is 5.97 Å². The topological polar surface area (TPSA) is 35.5 Å². The van der Waals surface area contributed by atoms with Gasteiger partial charge in [-0.2, -0.15) is 0 Å². The van der Waals surface area contributed by atoms with Gasteiger partial charge in [-0.25, -0.2) is 4.79 Å². The fourth-order valence-electron chi connectivity index (χ4n) is 4.14. The van der Waals surface area contributed by atoms with Crippen molar-refractivity contribution in [3.63, 3.8) is 0 Å². The van der Waals surface area contributed by atoms with Crippen LogP contribution in [0.5, 0.6) is 5.75 Å². The van der Waals surface area contributed by atoms with Gasteiger partial charge in [0.05, 0.1) is 18.3 Å². The summed E-state index contributed by atoms with van der Waals surface area (Å²) in [6.45, 7) is 7.22. The second kappa shape index (κ2) is 17.2. The number of unbranched alkanes of at least 4 members (excludes halogenated alkanes) is 10. The lowest BCUT2D eigenvalue weighted by Gasteiger charge is -2.13. The molecular formula is C31H46O3. The van der Waals surface area contributed by atoms with Crippen LogP contribution >= 0.6 is 0 Å². The third-order valence-corrected chi connectivity index (χ3v) is 6.35. The predicted molar refractivity (Wildman–Crippen MR) is 144 cm³/mol. The van der Waals surface area contributed by atoms with Gasteiger partial charge in [0.2, 0.25) is 0 Å². The van der Waals surface area contributed by atoms with Gasteiger partial charge < -0.3 is 9.47 Å². The van der Waals surface area contributed by atoms with E-state index < -0.39 is 0 Å². The molecule has 1 atom stereocenters. The van der Waals surface area contributed by atoms with Crippen molar-refractivity contribution in [1.29, 1.82) is 0 Å². The van der Waals surface area contributed by atoms with Gasteiger partial charge in [-0.15, -0.1) is 0 Å². The summed E-state index contributed by atoms with van der Waals surface area (Å²) in [4.78, 5) is 12.4. The molecule has 0 bridgehead atoms. The van der Waals surface area contributed by atoms with Crippen LogP contribution in [0.15, 0.2) is 48.5 Å². The second-order valence-corrected chi connectivity index (χ2v) is 9.49. The van der Waals surface area contributed by atoms with Crippen molar-refractivity contribution in [1.82, 2.24) is 0 Å². The van der Waals surface area contributed by atoms with Crippen LogP contribution in [0, 0.1) is 0 Å². The number of carbonyl (C=O) groups excluding carboxylic acids is 1. The molecule has 0 aliphatic heterocycles. The average molecular weight is 467 g/mol. The molecule has 0 spiro atoms. The van der Waals surface area contributed by atoms with E-state index in [0.717, 1.165) is 42.7 Å². The third-order valence-electron chi connectivity index (χ3n) is 6.35. The summed E-state index contributed by atoms with van der Waals surface area (Å²) in [5, 5.41) is 0. The quantitative estimate of drug-likeness (QED) is 0.162.